The monoisotopic (exact) mass is 854 g/mol. The zero-order chi connectivity index (χ0) is 42.1. The molecule has 60 heavy (non-hydrogen) atoms. The predicted molar refractivity (Wildman–Crippen MR) is 256 cm³/mol. The number of rotatable bonds is 24. The highest BCUT2D eigenvalue weighted by atomic mass is 32.1. The van der Waals surface area contributed by atoms with E-state index < -0.39 is 5.97 Å². The van der Waals surface area contributed by atoms with Crippen LogP contribution in [0.1, 0.15) is 126 Å². The second-order valence-electron chi connectivity index (χ2n) is 15.6. The molecule has 0 atom stereocenters. The summed E-state index contributed by atoms with van der Waals surface area (Å²) >= 11 is 4.93. The molecule has 6 aromatic rings. The van der Waals surface area contributed by atoms with Gasteiger partial charge in [0.25, 0.3) is 0 Å². The Hall–Kier alpha value is -4.88. The lowest BCUT2D eigenvalue weighted by Gasteiger charge is -2.25. The van der Waals surface area contributed by atoms with E-state index in [1.807, 2.05) is 18.2 Å². The summed E-state index contributed by atoms with van der Waals surface area (Å²) in [6.07, 6.45) is 20.6. The molecule has 0 aliphatic heterocycles. The molecule has 0 fully saturated rings. The molecule has 0 aliphatic carbocycles. The zero-order valence-corrected chi connectivity index (χ0v) is 37.9. The van der Waals surface area contributed by atoms with E-state index in [0.717, 1.165) is 78.8 Å². The second kappa shape index (κ2) is 23.2. The summed E-state index contributed by atoms with van der Waals surface area (Å²) in [5, 5.41) is 20.7. The number of nitriles is 1. The van der Waals surface area contributed by atoms with Gasteiger partial charge in [-0.15, -0.1) is 34.0 Å². The Labute approximate surface area is 369 Å². The second-order valence-corrected chi connectivity index (χ2v) is 18.7. The third-order valence-electron chi connectivity index (χ3n) is 10.8. The molecule has 312 valence electrons. The summed E-state index contributed by atoms with van der Waals surface area (Å²) in [6, 6.07) is 33.9. The van der Waals surface area contributed by atoms with Crippen molar-refractivity contribution in [1.82, 2.24) is 9.97 Å². The normalized spacial score (nSPS) is 11.5. The fourth-order valence-electron chi connectivity index (χ4n) is 7.46. The van der Waals surface area contributed by atoms with Crippen LogP contribution in [-0.4, -0.2) is 21.0 Å². The van der Waals surface area contributed by atoms with E-state index in [4.69, 9.17) is 9.97 Å². The first kappa shape index (κ1) is 44.7. The van der Waals surface area contributed by atoms with E-state index in [9.17, 15) is 15.2 Å². The van der Waals surface area contributed by atoms with Crippen LogP contribution in [0.2, 0.25) is 0 Å². The number of benzene rings is 3. The number of thiophene rings is 1. The van der Waals surface area contributed by atoms with Crippen LogP contribution in [0.15, 0.2) is 96.6 Å². The van der Waals surface area contributed by atoms with Gasteiger partial charge in [-0.1, -0.05) is 139 Å². The molecule has 0 saturated carbocycles. The quantitative estimate of drug-likeness (QED) is 0.0370. The van der Waals surface area contributed by atoms with Gasteiger partial charge in [0.1, 0.15) is 11.6 Å². The molecule has 3 heterocycles. The minimum absolute atomic E-state index is 0.267. The first-order valence-corrected chi connectivity index (χ1v) is 24.3. The van der Waals surface area contributed by atoms with Crippen LogP contribution >= 0.6 is 34.0 Å². The molecule has 0 unspecified atom stereocenters. The van der Waals surface area contributed by atoms with Crippen molar-refractivity contribution in [2.24, 2.45) is 0 Å². The van der Waals surface area contributed by atoms with Gasteiger partial charge in [0.15, 0.2) is 10.0 Å². The smallest absolute Gasteiger partial charge is 0.346 e. The van der Waals surface area contributed by atoms with Gasteiger partial charge >= 0.3 is 5.97 Å². The van der Waals surface area contributed by atoms with Gasteiger partial charge in [-0.05, 0) is 92.8 Å². The molecule has 3 aromatic carbocycles. The lowest BCUT2D eigenvalue weighted by atomic mass is 10.0. The number of hydrogen-bond donors (Lipinski definition) is 1. The van der Waals surface area contributed by atoms with Crippen LogP contribution in [0.4, 0.5) is 17.1 Å². The Bertz CT molecular complexity index is 2310. The molecule has 6 nitrogen and oxygen atoms in total. The average molecular weight is 855 g/mol. The number of thiazole rings is 2. The molecule has 6 rings (SSSR count). The van der Waals surface area contributed by atoms with Crippen molar-refractivity contribution < 1.29 is 9.90 Å². The Morgan fingerprint density at radius 3 is 1.68 bits per heavy atom. The minimum Gasteiger partial charge on any atom is -0.477 e. The number of carbonyl (C=O) groups is 1. The number of aromatic nitrogens is 2. The molecule has 3 aromatic heterocycles. The Morgan fingerprint density at radius 2 is 1.13 bits per heavy atom. The molecule has 0 radical (unpaired) electrons. The summed E-state index contributed by atoms with van der Waals surface area (Å²) in [6.45, 7) is 6.64. The van der Waals surface area contributed by atoms with E-state index in [2.05, 4.69) is 105 Å². The molecule has 1 N–H and O–H groups in total. The number of anilines is 3. The van der Waals surface area contributed by atoms with E-state index >= 15 is 0 Å². The summed E-state index contributed by atoms with van der Waals surface area (Å²) in [7, 11) is 0. The van der Waals surface area contributed by atoms with Crippen molar-refractivity contribution in [3.8, 4) is 36.3 Å². The highest BCUT2D eigenvalue weighted by molar-refractivity contribution is 7.27. The summed E-state index contributed by atoms with van der Waals surface area (Å²) in [5.74, 6) is -1.21. The topological polar surface area (TPSA) is 90.1 Å². The first-order valence-electron chi connectivity index (χ1n) is 21.9. The minimum atomic E-state index is -1.21. The van der Waals surface area contributed by atoms with Crippen molar-refractivity contribution >= 4 is 63.1 Å². The molecular weight excluding hydrogens is 797 g/mol. The number of para-hydroxylation sites is 1. The fourth-order valence-corrected chi connectivity index (χ4v) is 10.8. The third kappa shape index (κ3) is 12.3. The number of unbranched alkanes of at least 4 members (excludes halogenated alkanes) is 12. The summed E-state index contributed by atoms with van der Waals surface area (Å²) < 4.78 is 0. The summed E-state index contributed by atoms with van der Waals surface area (Å²) in [5.41, 5.74) is 7.68. The number of carboxylic acids is 1. The Kier molecular flexibility index (Phi) is 17.3. The number of aryl methyl sites for hydroxylation is 3. The first-order chi connectivity index (χ1) is 29.4. The van der Waals surface area contributed by atoms with E-state index in [1.165, 1.54) is 110 Å². The number of aliphatic carboxylic acids is 1. The highest BCUT2D eigenvalue weighted by Crippen LogP contribution is 2.44. The van der Waals surface area contributed by atoms with E-state index in [0.29, 0.717) is 0 Å². The van der Waals surface area contributed by atoms with Crippen molar-refractivity contribution in [2.45, 2.75) is 124 Å². The Morgan fingerprint density at radius 1 is 0.633 bits per heavy atom. The molecule has 0 spiro atoms. The fraction of sp³-hybridized carbons (Fsp3) is 0.373. The molecule has 0 saturated heterocycles. The van der Waals surface area contributed by atoms with Crippen LogP contribution in [0, 0.1) is 18.3 Å². The zero-order valence-electron chi connectivity index (χ0n) is 35.4. The van der Waals surface area contributed by atoms with Crippen molar-refractivity contribution in [3.05, 3.63) is 118 Å². The molecular formula is C51H58N4O2S3. The number of hydrogen-bond acceptors (Lipinski definition) is 8. The summed E-state index contributed by atoms with van der Waals surface area (Å²) in [4.78, 5) is 28.7. The van der Waals surface area contributed by atoms with Crippen LogP contribution in [0.5, 0.6) is 0 Å². The van der Waals surface area contributed by atoms with Gasteiger partial charge in [-0.2, -0.15) is 5.26 Å². The van der Waals surface area contributed by atoms with Crippen LogP contribution in [0.3, 0.4) is 0 Å². The van der Waals surface area contributed by atoms with Crippen molar-refractivity contribution in [3.63, 3.8) is 0 Å². The van der Waals surface area contributed by atoms with Gasteiger partial charge < -0.3 is 10.0 Å². The Balaban J connectivity index is 1.33. The van der Waals surface area contributed by atoms with E-state index in [1.54, 1.807) is 22.7 Å². The van der Waals surface area contributed by atoms with Gasteiger partial charge in [-0.25, -0.2) is 14.8 Å². The maximum Gasteiger partial charge on any atom is 0.346 e. The number of nitrogens with zero attached hydrogens (tertiary/aromatic N) is 4. The lowest BCUT2D eigenvalue weighted by molar-refractivity contribution is -0.132. The van der Waals surface area contributed by atoms with Gasteiger partial charge in [-0.3, -0.25) is 0 Å². The lowest BCUT2D eigenvalue weighted by Crippen LogP contribution is -2.09. The maximum absolute atomic E-state index is 11.6. The molecule has 0 bridgehead atoms. The van der Waals surface area contributed by atoms with Gasteiger partial charge in [0.05, 0.1) is 21.1 Å². The molecule has 0 aliphatic rings. The maximum atomic E-state index is 11.6. The number of carboxylic acid groups (broad SMARTS) is 1. The largest absolute Gasteiger partial charge is 0.477 e. The van der Waals surface area contributed by atoms with Crippen LogP contribution in [0.25, 0.3) is 36.3 Å². The van der Waals surface area contributed by atoms with E-state index in [-0.39, 0.29) is 5.57 Å². The van der Waals surface area contributed by atoms with Gasteiger partial charge in [0, 0.05) is 26.8 Å². The standard InChI is InChI=1S/C51H58N4O2S3/c1-4-6-8-10-12-14-19-23-44-47(38-27-31-42(32-28-38)55(40-21-17-16-18-22-40)41-29-25-37(3)26-30-41)59-49(53-44)50-54-45(24-20-15-13-11-9-7-5-2)48(60-50)46-34-33-43(58-46)35-39(36-52)51(56)57/h16-18,21-22,25-35H,4-15,19-20,23-24H2,1-3H3,(H,56,57)/b39-35+. The molecule has 0 amide bonds. The van der Waals surface area contributed by atoms with Gasteiger partial charge in [0.2, 0.25) is 0 Å². The third-order valence-corrected chi connectivity index (χ3v) is 14.4. The molecule has 9 heteroatoms. The van der Waals surface area contributed by atoms with Crippen molar-refractivity contribution in [2.75, 3.05) is 4.90 Å². The highest BCUT2D eigenvalue weighted by Gasteiger charge is 2.22. The van der Waals surface area contributed by atoms with Crippen LogP contribution < -0.4 is 4.90 Å². The van der Waals surface area contributed by atoms with Crippen molar-refractivity contribution in [1.29, 1.82) is 5.26 Å². The average Bonchev–Trinajstić information content (AvgIpc) is 4.02. The SMILES string of the molecule is CCCCCCCCCc1nc(-c2nc(CCCCCCCCC)c(-c3ccc(/C=C(\C#N)C(=O)O)s3)s2)sc1-c1ccc(N(c2ccccc2)c2ccc(C)cc2)cc1. The predicted octanol–water partition coefficient (Wildman–Crippen LogP) is 16.0. The van der Waals surface area contributed by atoms with Crippen LogP contribution in [-0.2, 0) is 17.6 Å².